The maximum Gasteiger partial charge on any atom is 0.315 e. The Kier molecular flexibility index (Phi) is 5.11. The van der Waals surface area contributed by atoms with Crippen LogP contribution in [0, 0.1) is 5.92 Å². The number of hydrogen-bond donors (Lipinski definition) is 2. The maximum absolute atomic E-state index is 12.0. The Morgan fingerprint density at radius 1 is 1.23 bits per heavy atom. The second-order valence-corrected chi connectivity index (χ2v) is 6.07. The van der Waals surface area contributed by atoms with E-state index in [0.717, 1.165) is 32.3 Å². The van der Waals surface area contributed by atoms with Gasteiger partial charge in [0.1, 0.15) is 0 Å². The first-order valence-electron chi connectivity index (χ1n) is 8.20. The van der Waals surface area contributed by atoms with Crippen molar-refractivity contribution in [2.45, 2.75) is 37.8 Å². The number of rotatable bonds is 4. The summed E-state index contributed by atoms with van der Waals surface area (Å²) in [4.78, 5) is 12.0. The van der Waals surface area contributed by atoms with Crippen LogP contribution in [0.15, 0.2) is 42.5 Å². The molecular formula is C18H24N2O2. The Labute approximate surface area is 131 Å². The molecule has 118 valence electrons. The molecule has 2 N–H and O–H groups in total. The van der Waals surface area contributed by atoms with E-state index in [2.05, 4.69) is 34.9 Å². The first-order valence-corrected chi connectivity index (χ1v) is 8.20. The number of amides is 2. The topological polar surface area (TPSA) is 50.4 Å². The summed E-state index contributed by atoms with van der Waals surface area (Å²) in [7, 11) is 0. The molecule has 1 aliphatic heterocycles. The fraction of sp³-hybridized carbons (Fsp3) is 0.500. The number of ether oxygens (including phenoxy) is 1. The quantitative estimate of drug-likeness (QED) is 0.839. The lowest BCUT2D eigenvalue weighted by Gasteiger charge is -2.21. The highest BCUT2D eigenvalue weighted by Crippen LogP contribution is 2.33. The smallest absolute Gasteiger partial charge is 0.315 e. The highest BCUT2D eigenvalue weighted by Gasteiger charge is 2.29. The van der Waals surface area contributed by atoms with E-state index in [-0.39, 0.29) is 18.2 Å². The molecule has 2 amide bonds. The van der Waals surface area contributed by atoms with E-state index in [4.69, 9.17) is 4.74 Å². The molecule has 2 aliphatic rings. The Morgan fingerprint density at radius 3 is 2.86 bits per heavy atom. The first-order chi connectivity index (χ1) is 10.8. The van der Waals surface area contributed by atoms with Gasteiger partial charge in [0.2, 0.25) is 0 Å². The van der Waals surface area contributed by atoms with E-state index in [0.29, 0.717) is 12.5 Å². The van der Waals surface area contributed by atoms with Gasteiger partial charge in [-0.05, 0) is 31.2 Å². The number of allylic oxidation sites excluding steroid dienone is 1. The van der Waals surface area contributed by atoms with Gasteiger partial charge in [0.15, 0.2) is 0 Å². The zero-order chi connectivity index (χ0) is 15.2. The van der Waals surface area contributed by atoms with Crippen LogP contribution in [0.25, 0.3) is 0 Å². The van der Waals surface area contributed by atoms with Crippen LogP contribution in [0.1, 0.15) is 37.4 Å². The van der Waals surface area contributed by atoms with E-state index in [1.165, 1.54) is 5.56 Å². The van der Waals surface area contributed by atoms with Gasteiger partial charge in [-0.2, -0.15) is 0 Å². The average Bonchev–Trinajstić information content (AvgIpc) is 3.03. The SMILES string of the molecule is O=C(NC[C@H]1CCO[C@@H]1c1ccccc1)NC1C=CCCC1. The lowest BCUT2D eigenvalue weighted by Crippen LogP contribution is -2.43. The summed E-state index contributed by atoms with van der Waals surface area (Å²) < 4.78 is 5.85. The molecule has 1 aliphatic carbocycles. The monoisotopic (exact) mass is 300 g/mol. The van der Waals surface area contributed by atoms with Crippen molar-refractivity contribution in [1.82, 2.24) is 10.6 Å². The second-order valence-electron chi connectivity index (χ2n) is 6.07. The molecule has 0 bridgehead atoms. The highest BCUT2D eigenvalue weighted by molar-refractivity contribution is 5.74. The Hall–Kier alpha value is -1.81. The fourth-order valence-corrected chi connectivity index (χ4v) is 3.23. The van der Waals surface area contributed by atoms with Crippen molar-refractivity contribution in [2.24, 2.45) is 5.92 Å². The molecule has 1 heterocycles. The van der Waals surface area contributed by atoms with Crippen LogP contribution in [0.5, 0.6) is 0 Å². The van der Waals surface area contributed by atoms with Crippen LogP contribution < -0.4 is 10.6 Å². The van der Waals surface area contributed by atoms with Crippen molar-refractivity contribution in [3.05, 3.63) is 48.0 Å². The lowest BCUT2D eigenvalue weighted by atomic mass is 9.95. The van der Waals surface area contributed by atoms with Crippen molar-refractivity contribution >= 4 is 6.03 Å². The maximum atomic E-state index is 12.0. The van der Waals surface area contributed by atoms with E-state index >= 15 is 0 Å². The lowest BCUT2D eigenvalue weighted by molar-refractivity contribution is 0.0910. The molecule has 3 atom stereocenters. The molecule has 22 heavy (non-hydrogen) atoms. The summed E-state index contributed by atoms with van der Waals surface area (Å²) in [6, 6.07) is 10.4. The van der Waals surface area contributed by atoms with Crippen LogP contribution in [-0.2, 0) is 4.74 Å². The average molecular weight is 300 g/mol. The minimum atomic E-state index is -0.0738. The third-order valence-electron chi connectivity index (χ3n) is 4.44. The van der Waals surface area contributed by atoms with E-state index < -0.39 is 0 Å². The molecule has 0 aromatic heterocycles. The summed E-state index contributed by atoms with van der Waals surface area (Å²) >= 11 is 0. The summed E-state index contributed by atoms with van der Waals surface area (Å²) in [5.41, 5.74) is 1.20. The molecule has 1 unspecified atom stereocenters. The highest BCUT2D eigenvalue weighted by atomic mass is 16.5. The van der Waals surface area contributed by atoms with Gasteiger partial charge < -0.3 is 15.4 Å². The van der Waals surface area contributed by atoms with E-state index in [1.807, 2.05) is 18.2 Å². The third kappa shape index (κ3) is 3.89. The van der Waals surface area contributed by atoms with Crippen molar-refractivity contribution in [3.8, 4) is 0 Å². The van der Waals surface area contributed by atoms with E-state index in [1.54, 1.807) is 0 Å². The first kappa shape index (κ1) is 15.1. The second kappa shape index (κ2) is 7.45. The number of urea groups is 1. The molecular weight excluding hydrogens is 276 g/mol. The number of carbonyl (C=O) groups is 1. The van der Waals surface area contributed by atoms with Gasteiger partial charge in [0, 0.05) is 25.1 Å². The molecule has 0 spiro atoms. The van der Waals surface area contributed by atoms with Gasteiger partial charge in [-0.15, -0.1) is 0 Å². The summed E-state index contributed by atoms with van der Waals surface area (Å²) in [6.07, 6.45) is 8.62. The minimum absolute atomic E-state index is 0.0738. The van der Waals surface area contributed by atoms with Crippen LogP contribution in [-0.4, -0.2) is 25.2 Å². The normalized spacial score (nSPS) is 27.5. The number of benzene rings is 1. The zero-order valence-corrected chi connectivity index (χ0v) is 12.8. The zero-order valence-electron chi connectivity index (χ0n) is 12.8. The van der Waals surface area contributed by atoms with Crippen molar-refractivity contribution in [1.29, 1.82) is 0 Å². The summed E-state index contributed by atoms with van der Waals surface area (Å²) in [5.74, 6) is 0.343. The Bertz CT molecular complexity index is 515. The Balaban J connectivity index is 1.49. The molecule has 0 saturated carbocycles. The summed E-state index contributed by atoms with van der Waals surface area (Å²) in [5, 5.41) is 6.03. The van der Waals surface area contributed by atoms with Crippen LogP contribution in [0.2, 0.25) is 0 Å². The fourth-order valence-electron chi connectivity index (χ4n) is 3.23. The van der Waals surface area contributed by atoms with Gasteiger partial charge in [-0.3, -0.25) is 0 Å². The minimum Gasteiger partial charge on any atom is -0.373 e. The summed E-state index contributed by atoms with van der Waals surface area (Å²) in [6.45, 7) is 1.42. The van der Waals surface area contributed by atoms with Crippen LogP contribution in [0.3, 0.4) is 0 Å². The van der Waals surface area contributed by atoms with E-state index in [9.17, 15) is 4.79 Å². The molecule has 4 nitrogen and oxygen atoms in total. The number of nitrogens with one attached hydrogen (secondary N) is 2. The van der Waals surface area contributed by atoms with Gasteiger partial charge in [0.05, 0.1) is 6.10 Å². The van der Waals surface area contributed by atoms with Crippen molar-refractivity contribution < 1.29 is 9.53 Å². The van der Waals surface area contributed by atoms with Crippen molar-refractivity contribution in [3.63, 3.8) is 0 Å². The molecule has 4 heteroatoms. The van der Waals surface area contributed by atoms with Gasteiger partial charge in [-0.25, -0.2) is 4.79 Å². The molecule has 0 radical (unpaired) electrons. The molecule has 1 aromatic carbocycles. The third-order valence-corrected chi connectivity index (χ3v) is 4.44. The predicted octanol–water partition coefficient (Wildman–Crippen LogP) is 3.17. The van der Waals surface area contributed by atoms with Gasteiger partial charge >= 0.3 is 6.03 Å². The number of hydrogen-bond acceptors (Lipinski definition) is 2. The molecule has 1 fully saturated rings. The van der Waals surface area contributed by atoms with Gasteiger partial charge in [-0.1, -0.05) is 42.5 Å². The number of carbonyl (C=O) groups excluding carboxylic acids is 1. The van der Waals surface area contributed by atoms with Gasteiger partial charge in [0.25, 0.3) is 0 Å². The molecule has 1 aromatic rings. The molecule has 1 saturated heterocycles. The molecule has 3 rings (SSSR count). The van der Waals surface area contributed by atoms with Crippen molar-refractivity contribution in [2.75, 3.05) is 13.2 Å². The van der Waals surface area contributed by atoms with Crippen LogP contribution >= 0.6 is 0 Å². The predicted molar refractivity (Wildman–Crippen MR) is 86.6 cm³/mol. The Morgan fingerprint density at radius 2 is 2.09 bits per heavy atom. The van der Waals surface area contributed by atoms with Crippen LogP contribution in [0.4, 0.5) is 4.79 Å². The standard InChI is InChI=1S/C18H24N2O2/c21-18(20-16-9-5-2-6-10-16)19-13-15-11-12-22-17(15)14-7-3-1-4-8-14/h1,3-5,7-9,15-17H,2,6,10-13H2,(H2,19,20,21)/t15-,16?,17-/m1/s1. The largest absolute Gasteiger partial charge is 0.373 e.